The van der Waals surface area contributed by atoms with Crippen molar-refractivity contribution in [2.24, 2.45) is 5.41 Å². The van der Waals surface area contributed by atoms with Crippen LogP contribution in [0.2, 0.25) is 0 Å². The predicted molar refractivity (Wildman–Crippen MR) is 137 cm³/mol. The topological polar surface area (TPSA) is 65.9 Å². The van der Waals surface area contributed by atoms with Gasteiger partial charge in [-0.3, -0.25) is 4.79 Å². The zero-order chi connectivity index (χ0) is 25.2. The fraction of sp³-hybridized carbons (Fsp3) is 0.379. The van der Waals surface area contributed by atoms with Gasteiger partial charge < -0.3 is 19.6 Å². The maximum absolute atomic E-state index is 16.6. The van der Waals surface area contributed by atoms with Gasteiger partial charge in [0, 0.05) is 49.1 Å². The Balaban J connectivity index is 1.47. The van der Waals surface area contributed by atoms with E-state index in [1.165, 1.54) is 6.08 Å². The molecule has 3 aliphatic heterocycles. The average molecular weight is 488 g/mol. The maximum Gasteiger partial charge on any atom is 0.245 e. The molecular formula is C29H30FN3O3. The number of phenolic OH excluding ortho intramolecular Hbond substituents is 1. The molecule has 36 heavy (non-hydrogen) atoms. The fourth-order valence-corrected chi connectivity index (χ4v) is 6.07. The van der Waals surface area contributed by atoms with Gasteiger partial charge in [0.2, 0.25) is 5.91 Å². The van der Waals surface area contributed by atoms with Crippen molar-refractivity contribution in [2.75, 3.05) is 31.1 Å². The number of hydrogen-bond acceptors (Lipinski definition) is 5. The lowest BCUT2D eigenvalue weighted by atomic mass is 9.79. The molecule has 2 fully saturated rings. The first-order valence-corrected chi connectivity index (χ1v) is 12.4. The second kappa shape index (κ2) is 8.03. The van der Waals surface area contributed by atoms with Crippen LogP contribution < -0.4 is 4.90 Å². The third kappa shape index (κ3) is 3.64. The summed E-state index contributed by atoms with van der Waals surface area (Å²) in [5.41, 5.74) is 2.24. The highest BCUT2D eigenvalue weighted by atomic mass is 19.1. The van der Waals surface area contributed by atoms with Gasteiger partial charge in [-0.1, -0.05) is 30.8 Å². The first-order valence-electron chi connectivity index (χ1n) is 12.4. The number of rotatable bonds is 3. The number of carbonyl (C=O) groups is 1. The van der Waals surface area contributed by atoms with Gasteiger partial charge in [-0.15, -0.1) is 0 Å². The summed E-state index contributed by atoms with van der Waals surface area (Å²) in [6.45, 7) is 10.5. The summed E-state index contributed by atoms with van der Waals surface area (Å²) >= 11 is 0. The van der Waals surface area contributed by atoms with Crippen LogP contribution in [0.25, 0.3) is 21.9 Å². The van der Waals surface area contributed by atoms with E-state index >= 15 is 4.39 Å². The van der Waals surface area contributed by atoms with E-state index in [4.69, 9.17) is 9.72 Å². The minimum atomic E-state index is -0.404. The number of halogens is 1. The fourth-order valence-electron chi connectivity index (χ4n) is 6.07. The number of phenols is 1. The van der Waals surface area contributed by atoms with E-state index in [9.17, 15) is 9.90 Å². The van der Waals surface area contributed by atoms with Crippen molar-refractivity contribution in [3.63, 3.8) is 0 Å². The largest absolute Gasteiger partial charge is 0.508 e. The van der Waals surface area contributed by atoms with E-state index in [1.807, 2.05) is 43.0 Å². The predicted octanol–water partition coefficient (Wildman–Crippen LogP) is 4.82. The number of aromatic nitrogens is 1. The normalized spacial score (nSPS) is 19.9. The van der Waals surface area contributed by atoms with Gasteiger partial charge in [0.1, 0.15) is 5.75 Å². The summed E-state index contributed by atoms with van der Waals surface area (Å²) in [4.78, 5) is 20.7. The number of hydrogen-bond donors (Lipinski definition) is 1. The highest BCUT2D eigenvalue weighted by molar-refractivity contribution is 5.99. The molecule has 1 spiro atoms. The molecule has 0 atom stereocenters. The number of anilines is 1. The summed E-state index contributed by atoms with van der Waals surface area (Å²) in [5.74, 6) is -0.00580. The van der Waals surface area contributed by atoms with E-state index in [-0.39, 0.29) is 29.5 Å². The van der Waals surface area contributed by atoms with Crippen LogP contribution in [0.4, 0.5) is 10.2 Å². The van der Waals surface area contributed by atoms with Crippen LogP contribution in [0.3, 0.4) is 0 Å². The van der Waals surface area contributed by atoms with E-state index in [0.717, 1.165) is 28.5 Å². The molecule has 2 saturated heterocycles. The Morgan fingerprint density at radius 3 is 2.78 bits per heavy atom. The molecule has 4 heterocycles. The lowest BCUT2D eigenvalue weighted by Gasteiger charge is -2.47. The van der Waals surface area contributed by atoms with E-state index < -0.39 is 5.60 Å². The number of likely N-dealkylation sites (tertiary alicyclic amines) is 1. The number of amides is 1. The average Bonchev–Trinajstić information content (AvgIpc) is 3.27. The highest BCUT2D eigenvalue weighted by Gasteiger charge is 2.49. The molecule has 3 aromatic rings. The van der Waals surface area contributed by atoms with Crippen molar-refractivity contribution >= 4 is 22.5 Å². The van der Waals surface area contributed by atoms with Crippen molar-refractivity contribution in [3.8, 4) is 16.9 Å². The molecule has 6 nitrogen and oxygen atoms in total. The van der Waals surface area contributed by atoms with Gasteiger partial charge in [0.25, 0.3) is 0 Å². The second-order valence-corrected chi connectivity index (χ2v) is 11.1. The lowest BCUT2D eigenvalue weighted by Crippen LogP contribution is -2.59. The van der Waals surface area contributed by atoms with Crippen molar-refractivity contribution in [2.45, 2.75) is 38.9 Å². The third-order valence-corrected chi connectivity index (χ3v) is 7.90. The maximum atomic E-state index is 16.6. The van der Waals surface area contributed by atoms with Crippen LogP contribution in [0, 0.1) is 11.2 Å². The number of ether oxygens (including phenoxy) is 1. The van der Waals surface area contributed by atoms with Crippen LogP contribution in [-0.4, -0.2) is 52.7 Å². The molecule has 1 amide bonds. The molecule has 0 unspecified atom stereocenters. The third-order valence-electron chi connectivity index (χ3n) is 7.90. The molecule has 2 aromatic carbocycles. The minimum absolute atomic E-state index is 0.0387. The zero-order valence-corrected chi connectivity index (χ0v) is 20.7. The van der Waals surface area contributed by atoms with Gasteiger partial charge >= 0.3 is 0 Å². The first kappa shape index (κ1) is 23.0. The van der Waals surface area contributed by atoms with Gasteiger partial charge in [-0.25, -0.2) is 9.37 Å². The molecule has 3 aliphatic rings. The number of pyridine rings is 1. The molecule has 0 radical (unpaired) electrons. The zero-order valence-electron chi connectivity index (χ0n) is 20.7. The summed E-state index contributed by atoms with van der Waals surface area (Å²) in [5, 5.41) is 12.2. The minimum Gasteiger partial charge on any atom is -0.508 e. The molecule has 0 bridgehead atoms. The Bertz CT molecular complexity index is 1410. The molecule has 0 saturated carbocycles. The molecule has 1 N–H and O–H groups in total. The summed E-state index contributed by atoms with van der Waals surface area (Å²) in [7, 11) is 0. The Kier molecular flexibility index (Phi) is 5.13. The van der Waals surface area contributed by atoms with Gasteiger partial charge in [0.15, 0.2) is 11.6 Å². The quantitative estimate of drug-likeness (QED) is 0.537. The van der Waals surface area contributed by atoms with Crippen LogP contribution in [0.1, 0.15) is 31.5 Å². The number of fused-ring (bicyclic) bond motifs is 2. The van der Waals surface area contributed by atoms with Gasteiger partial charge in [-0.05, 0) is 54.8 Å². The SMILES string of the molecule is C=CC(=O)N1CC2(CCN(c3nc4c(c(-c5cc(O)cc6ccccc56)c3F)COC(C)(C)C4)C2)C1. The highest BCUT2D eigenvalue weighted by Crippen LogP contribution is 2.46. The second-order valence-electron chi connectivity index (χ2n) is 11.1. The van der Waals surface area contributed by atoms with Crippen LogP contribution >= 0.6 is 0 Å². The standard InChI is InChI=1S/C29H30FN3O3/c1-4-24(35)33-16-29(17-33)9-10-32(15-29)27-26(30)25(22-14-36-28(2,3)13-23(22)31-27)21-12-19(34)11-18-7-5-6-8-20(18)21/h4-8,11-12,34H,1,9-10,13-17H2,2-3H3. The van der Waals surface area contributed by atoms with E-state index in [2.05, 4.69) is 6.58 Å². The Labute approximate surface area is 210 Å². The van der Waals surface area contributed by atoms with Crippen LogP contribution in [0.15, 0.2) is 49.1 Å². The first-order chi connectivity index (χ1) is 17.2. The number of nitrogens with zero attached hydrogens (tertiary/aromatic N) is 3. The summed E-state index contributed by atoms with van der Waals surface area (Å²) in [6, 6.07) is 11.0. The molecule has 1 aromatic heterocycles. The van der Waals surface area contributed by atoms with Crippen LogP contribution in [-0.2, 0) is 22.6 Å². The molecule has 0 aliphatic carbocycles. The Hall–Kier alpha value is -3.45. The van der Waals surface area contributed by atoms with E-state index in [1.54, 1.807) is 17.0 Å². The molecule has 186 valence electrons. The monoisotopic (exact) mass is 487 g/mol. The Morgan fingerprint density at radius 2 is 2.00 bits per heavy atom. The molecule has 6 rings (SSSR count). The smallest absolute Gasteiger partial charge is 0.245 e. The van der Waals surface area contributed by atoms with Crippen molar-refractivity contribution in [1.82, 2.24) is 9.88 Å². The number of carbonyl (C=O) groups excluding carboxylic acids is 1. The molecular weight excluding hydrogens is 457 g/mol. The van der Waals surface area contributed by atoms with Gasteiger partial charge in [0.05, 0.1) is 17.9 Å². The van der Waals surface area contributed by atoms with E-state index in [0.29, 0.717) is 49.5 Å². The Morgan fingerprint density at radius 1 is 1.22 bits per heavy atom. The van der Waals surface area contributed by atoms with Crippen molar-refractivity contribution < 1.29 is 19.0 Å². The number of benzene rings is 2. The number of aromatic hydroxyl groups is 1. The summed E-state index contributed by atoms with van der Waals surface area (Å²) in [6.07, 6.45) is 2.80. The summed E-state index contributed by atoms with van der Waals surface area (Å²) < 4.78 is 22.7. The van der Waals surface area contributed by atoms with Gasteiger partial charge in [-0.2, -0.15) is 0 Å². The molecule has 7 heteroatoms. The van der Waals surface area contributed by atoms with Crippen molar-refractivity contribution in [3.05, 3.63) is 66.1 Å². The lowest BCUT2D eigenvalue weighted by molar-refractivity contribution is -0.136. The van der Waals surface area contributed by atoms with Crippen molar-refractivity contribution in [1.29, 1.82) is 0 Å². The van der Waals surface area contributed by atoms with Crippen LogP contribution in [0.5, 0.6) is 5.75 Å².